The molecule has 1 fully saturated rings. The lowest BCUT2D eigenvalue weighted by Gasteiger charge is -2.36. The molecule has 1 aromatic rings. The number of carbonyl (C=O) groups excluding carboxylic acids is 1. The highest BCUT2D eigenvalue weighted by atomic mass is 16.5. The van der Waals surface area contributed by atoms with Gasteiger partial charge in [-0.2, -0.15) is 0 Å². The second-order valence-electron chi connectivity index (χ2n) is 5.47. The van der Waals surface area contributed by atoms with Crippen LogP contribution in [0.25, 0.3) is 0 Å². The maximum Gasteiger partial charge on any atom is 0.320 e. The summed E-state index contributed by atoms with van der Waals surface area (Å²) < 4.78 is 10.6. The van der Waals surface area contributed by atoms with Crippen molar-refractivity contribution in [3.63, 3.8) is 0 Å². The zero-order valence-corrected chi connectivity index (χ0v) is 13.0. The van der Waals surface area contributed by atoms with E-state index >= 15 is 0 Å². The molecule has 1 aliphatic heterocycles. The number of para-hydroxylation sites is 2. The maximum absolute atomic E-state index is 11.7. The molecule has 1 aliphatic rings. The number of hydrogen-bond donors (Lipinski definition) is 0. The van der Waals surface area contributed by atoms with Crippen LogP contribution in [0.15, 0.2) is 24.3 Å². The maximum atomic E-state index is 11.7. The van der Waals surface area contributed by atoms with Crippen LogP contribution in [0, 0.1) is 0 Å². The number of benzene rings is 1. The standard InChI is InChI=1S/C16H24N2O3/c1-13(2)21-16(19)12-17-8-10-18(11-9-17)14-6-4-5-7-15(14)20-3/h4-7,13H,8-12H2,1-3H3. The molecule has 0 aliphatic carbocycles. The van der Waals surface area contributed by atoms with E-state index in [4.69, 9.17) is 9.47 Å². The third kappa shape index (κ3) is 4.36. The van der Waals surface area contributed by atoms with Crippen molar-refractivity contribution < 1.29 is 14.3 Å². The van der Waals surface area contributed by atoms with Gasteiger partial charge in [0.2, 0.25) is 0 Å². The van der Waals surface area contributed by atoms with E-state index < -0.39 is 0 Å². The number of hydrogen-bond acceptors (Lipinski definition) is 5. The molecule has 21 heavy (non-hydrogen) atoms. The van der Waals surface area contributed by atoms with E-state index in [0.717, 1.165) is 37.6 Å². The van der Waals surface area contributed by atoms with Crippen molar-refractivity contribution in [3.8, 4) is 5.75 Å². The second kappa shape index (κ2) is 7.31. The number of esters is 1. The van der Waals surface area contributed by atoms with E-state index in [9.17, 15) is 4.79 Å². The molecule has 1 saturated heterocycles. The fraction of sp³-hybridized carbons (Fsp3) is 0.562. The predicted molar refractivity (Wildman–Crippen MR) is 82.9 cm³/mol. The first-order valence-corrected chi connectivity index (χ1v) is 7.40. The largest absolute Gasteiger partial charge is 0.495 e. The highest BCUT2D eigenvalue weighted by Crippen LogP contribution is 2.28. The number of carbonyl (C=O) groups is 1. The van der Waals surface area contributed by atoms with E-state index in [1.165, 1.54) is 0 Å². The van der Waals surface area contributed by atoms with Crippen molar-refractivity contribution in [1.29, 1.82) is 0 Å². The van der Waals surface area contributed by atoms with Gasteiger partial charge in [-0.3, -0.25) is 9.69 Å². The van der Waals surface area contributed by atoms with Crippen LogP contribution in [0.1, 0.15) is 13.8 Å². The molecule has 5 heteroatoms. The normalized spacial score (nSPS) is 16.1. The smallest absolute Gasteiger partial charge is 0.320 e. The minimum Gasteiger partial charge on any atom is -0.495 e. The molecule has 0 spiro atoms. The Morgan fingerprint density at radius 1 is 1.19 bits per heavy atom. The minimum atomic E-state index is -0.143. The summed E-state index contributed by atoms with van der Waals surface area (Å²) in [6, 6.07) is 8.04. The lowest BCUT2D eigenvalue weighted by molar-refractivity contribution is -0.148. The first kappa shape index (κ1) is 15.6. The molecule has 1 heterocycles. The van der Waals surface area contributed by atoms with E-state index in [2.05, 4.69) is 15.9 Å². The van der Waals surface area contributed by atoms with Crippen molar-refractivity contribution >= 4 is 11.7 Å². The molecule has 0 atom stereocenters. The highest BCUT2D eigenvalue weighted by molar-refractivity contribution is 5.72. The summed E-state index contributed by atoms with van der Waals surface area (Å²) >= 11 is 0. The third-order valence-corrected chi connectivity index (χ3v) is 3.52. The first-order valence-electron chi connectivity index (χ1n) is 7.40. The Bertz CT molecular complexity index is 468. The average Bonchev–Trinajstić information content (AvgIpc) is 2.47. The Morgan fingerprint density at radius 3 is 2.48 bits per heavy atom. The number of anilines is 1. The number of piperazine rings is 1. The lowest BCUT2D eigenvalue weighted by Crippen LogP contribution is -2.48. The van der Waals surface area contributed by atoms with Gasteiger partial charge in [-0.15, -0.1) is 0 Å². The second-order valence-corrected chi connectivity index (χ2v) is 5.47. The van der Waals surface area contributed by atoms with Crippen molar-refractivity contribution in [2.45, 2.75) is 20.0 Å². The van der Waals surface area contributed by atoms with Crippen LogP contribution < -0.4 is 9.64 Å². The monoisotopic (exact) mass is 292 g/mol. The van der Waals surface area contributed by atoms with Crippen LogP contribution >= 0.6 is 0 Å². The van der Waals surface area contributed by atoms with Crippen molar-refractivity contribution in [2.75, 3.05) is 44.7 Å². The summed E-state index contributed by atoms with van der Waals surface area (Å²) in [4.78, 5) is 16.1. The van der Waals surface area contributed by atoms with E-state index in [-0.39, 0.29) is 12.1 Å². The van der Waals surface area contributed by atoms with Crippen LogP contribution in [-0.4, -0.2) is 56.8 Å². The van der Waals surface area contributed by atoms with Crippen molar-refractivity contribution in [3.05, 3.63) is 24.3 Å². The summed E-state index contributed by atoms with van der Waals surface area (Å²) in [6.45, 7) is 7.59. The van der Waals surface area contributed by atoms with Gasteiger partial charge in [0, 0.05) is 26.2 Å². The fourth-order valence-corrected chi connectivity index (χ4v) is 2.52. The molecular weight excluding hydrogens is 268 g/mol. The van der Waals surface area contributed by atoms with Crippen molar-refractivity contribution in [1.82, 2.24) is 4.90 Å². The zero-order chi connectivity index (χ0) is 15.2. The summed E-state index contributed by atoms with van der Waals surface area (Å²) in [5, 5.41) is 0. The molecule has 116 valence electrons. The van der Waals surface area contributed by atoms with Gasteiger partial charge in [0.25, 0.3) is 0 Å². The number of nitrogens with zero attached hydrogens (tertiary/aromatic N) is 2. The molecule has 0 saturated carbocycles. The molecule has 0 bridgehead atoms. The van der Waals surface area contributed by atoms with Crippen LogP contribution in [0.3, 0.4) is 0 Å². The van der Waals surface area contributed by atoms with Gasteiger partial charge in [-0.25, -0.2) is 0 Å². The Kier molecular flexibility index (Phi) is 5.44. The van der Waals surface area contributed by atoms with Crippen LogP contribution in [0.2, 0.25) is 0 Å². The van der Waals surface area contributed by atoms with E-state index in [1.54, 1.807) is 7.11 Å². The first-order chi connectivity index (χ1) is 10.1. The highest BCUT2D eigenvalue weighted by Gasteiger charge is 2.21. The topological polar surface area (TPSA) is 42.0 Å². The van der Waals surface area contributed by atoms with Crippen molar-refractivity contribution in [2.24, 2.45) is 0 Å². The third-order valence-electron chi connectivity index (χ3n) is 3.52. The van der Waals surface area contributed by atoms with Crippen LogP contribution in [0.4, 0.5) is 5.69 Å². The van der Waals surface area contributed by atoms with E-state index in [0.29, 0.717) is 6.54 Å². The Balaban J connectivity index is 1.87. The van der Waals surface area contributed by atoms with E-state index in [1.807, 2.05) is 32.0 Å². The summed E-state index contributed by atoms with van der Waals surface area (Å²) in [6.07, 6.45) is -0.0487. The quantitative estimate of drug-likeness (QED) is 0.774. The molecule has 0 unspecified atom stereocenters. The van der Waals surface area contributed by atoms with Gasteiger partial charge in [0.15, 0.2) is 0 Å². The Labute approximate surface area is 126 Å². The summed E-state index contributed by atoms with van der Waals surface area (Å²) in [5.41, 5.74) is 1.12. The van der Waals surface area contributed by atoms with Gasteiger partial charge in [-0.1, -0.05) is 12.1 Å². The van der Waals surface area contributed by atoms with Gasteiger partial charge in [0.1, 0.15) is 5.75 Å². The molecule has 0 aromatic heterocycles. The number of rotatable bonds is 5. The molecular formula is C16H24N2O3. The van der Waals surface area contributed by atoms with Crippen LogP contribution in [0.5, 0.6) is 5.75 Å². The summed E-state index contributed by atoms with van der Waals surface area (Å²) in [5.74, 6) is 0.751. The predicted octanol–water partition coefficient (Wildman–Crippen LogP) is 1.77. The molecule has 1 aromatic carbocycles. The molecule has 0 N–H and O–H groups in total. The zero-order valence-electron chi connectivity index (χ0n) is 13.0. The van der Waals surface area contributed by atoms with Crippen LogP contribution in [-0.2, 0) is 9.53 Å². The molecule has 5 nitrogen and oxygen atoms in total. The molecule has 2 rings (SSSR count). The van der Waals surface area contributed by atoms with Gasteiger partial charge in [-0.05, 0) is 26.0 Å². The molecule has 0 radical (unpaired) electrons. The SMILES string of the molecule is COc1ccccc1N1CCN(CC(=O)OC(C)C)CC1. The molecule has 0 amide bonds. The minimum absolute atomic E-state index is 0.0487. The van der Waals surface area contributed by atoms with Gasteiger partial charge in [0.05, 0.1) is 25.4 Å². The fourth-order valence-electron chi connectivity index (χ4n) is 2.52. The Morgan fingerprint density at radius 2 is 1.86 bits per heavy atom. The number of methoxy groups -OCH3 is 1. The summed E-state index contributed by atoms with van der Waals surface area (Å²) in [7, 11) is 1.69. The average molecular weight is 292 g/mol. The lowest BCUT2D eigenvalue weighted by atomic mass is 10.2. The van der Waals surface area contributed by atoms with Gasteiger partial charge >= 0.3 is 5.97 Å². The number of ether oxygens (including phenoxy) is 2. The Hall–Kier alpha value is -1.75. The van der Waals surface area contributed by atoms with Gasteiger partial charge < -0.3 is 14.4 Å².